The van der Waals surface area contributed by atoms with Gasteiger partial charge in [-0.05, 0) is 50.2 Å². The molecule has 4 rings (SSSR count). The van der Waals surface area contributed by atoms with E-state index < -0.39 is 5.41 Å². The maximum absolute atomic E-state index is 13.3. The van der Waals surface area contributed by atoms with Crippen molar-refractivity contribution in [2.24, 2.45) is 0 Å². The first-order valence-corrected chi connectivity index (χ1v) is 9.45. The van der Waals surface area contributed by atoms with Crippen LogP contribution >= 0.6 is 24.0 Å². The molecule has 0 aliphatic carbocycles. The van der Waals surface area contributed by atoms with Crippen molar-refractivity contribution >= 4 is 29.9 Å². The van der Waals surface area contributed by atoms with Gasteiger partial charge in [-0.1, -0.05) is 29.8 Å². The topological polar surface area (TPSA) is 50.4 Å². The lowest BCUT2D eigenvalue weighted by Gasteiger charge is -2.39. The number of nitrogens with one attached hydrogen (secondary N) is 2. The Morgan fingerprint density at radius 2 is 1.80 bits per heavy atom. The monoisotopic (exact) mass is 384 g/mol. The number of amides is 1. The summed E-state index contributed by atoms with van der Waals surface area (Å²) >= 11 is 6.46. The van der Waals surface area contributed by atoms with Crippen LogP contribution in [0.4, 0.5) is 0 Å². The van der Waals surface area contributed by atoms with Crippen LogP contribution in [0.5, 0.6) is 0 Å². The number of piperidine rings is 1. The Morgan fingerprint density at radius 3 is 2.44 bits per heavy atom. The molecule has 0 spiro atoms. The van der Waals surface area contributed by atoms with Crippen molar-refractivity contribution in [1.29, 1.82) is 0 Å². The van der Waals surface area contributed by atoms with E-state index >= 15 is 0 Å². The molecule has 1 aromatic rings. The van der Waals surface area contributed by atoms with Crippen molar-refractivity contribution in [3.05, 3.63) is 34.9 Å². The molecule has 4 nitrogen and oxygen atoms in total. The van der Waals surface area contributed by atoms with Crippen LogP contribution in [0.3, 0.4) is 0 Å². The van der Waals surface area contributed by atoms with E-state index in [0.717, 1.165) is 18.4 Å². The first-order chi connectivity index (χ1) is 11.7. The van der Waals surface area contributed by atoms with Crippen LogP contribution in [-0.2, 0) is 14.9 Å². The van der Waals surface area contributed by atoms with E-state index in [9.17, 15) is 4.79 Å². The number of benzene rings is 1. The van der Waals surface area contributed by atoms with Gasteiger partial charge in [-0.25, -0.2) is 0 Å². The Kier molecular flexibility index (Phi) is 5.94. The molecule has 2 N–H and O–H groups in total. The lowest BCUT2D eigenvalue weighted by molar-refractivity contribution is -0.131. The fraction of sp³-hybridized carbons (Fsp3) is 0.632. The summed E-state index contributed by atoms with van der Waals surface area (Å²) in [7, 11) is 0. The summed E-state index contributed by atoms with van der Waals surface area (Å²) in [4.78, 5) is 13.3. The van der Waals surface area contributed by atoms with Crippen LogP contribution in [0, 0.1) is 0 Å². The van der Waals surface area contributed by atoms with Crippen LogP contribution in [0.15, 0.2) is 24.3 Å². The molecular formula is C19H26Cl2N2O2. The van der Waals surface area contributed by atoms with E-state index in [1.807, 2.05) is 24.3 Å². The molecule has 3 saturated heterocycles. The number of carbonyl (C=O) groups excluding carboxylic acids is 1. The normalized spacial score (nSPS) is 30.4. The maximum Gasteiger partial charge on any atom is 0.231 e. The molecule has 138 valence electrons. The smallest absolute Gasteiger partial charge is 0.231 e. The van der Waals surface area contributed by atoms with Gasteiger partial charge in [0.1, 0.15) is 0 Å². The SMILES string of the molecule is Cl.O=C(NC1CC2CCC(C1)N2)C1(c2ccccc2Cl)CCOCC1. The van der Waals surface area contributed by atoms with Crippen LogP contribution in [0.1, 0.15) is 44.1 Å². The van der Waals surface area contributed by atoms with E-state index in [1.165, 1.54) is 12.8 Å². The van der Waals surface area contributed by atoms with Crippen molar-refractivity contribution in [3.63, 3.8) is 0 Å². The summed E-state index contributed by atoms with van der Waals surface area (Å²) < 4.78 is 5.54. The second kappa shape index (κ2) is 7.83. The number of halogens is 2. The zero-order valence-electron chi connectivity index (χ0n) is 14.3. The van der Waals surface area contributed by atoms with Gasteiger partial charge >= 0.3 is 0 Å². The van der Waals surface area contributed by atoms with Crippen LogP contribution in [0.2, 0.25) is 5.02 Å². The highest BCUT2D eigenvalue weighted by Gasteiger charge is 2.44. The predicted molar refractivity (Wildman–Crippen MR) is 102 cm³/mol. The maximum atomic E-state index is 13.3. The van der Waals surface area contributed by atoms with Crippen molar-refractivity contribution in [3.8, 4) is 0 Å². The lowest BCUT2D eigenvalue weighted by atomic mass is 9.73. The van der Waals surface area contributed by atoms with E-state index in [0.29, 0.717) is 43.2 Å². The molecule has 2 bridgehead atoms. The Balaban J connectivity index is 0.00000182. The number of fused-ring (bicyclic) bond motifs is 2. The van der Waals surface area contributed by atoms with E-state index in [2.05, 4.69) is 10.6 Å². The molecular weight excluding hydrogens is 359 g/mol. The lowest BCUT2D eigenvalue weighted by Crippen LogP contribution is -2.54. The van der Waals surface area contributed by atoms with Gasteiger partial charge in [0.15, 0.2) is 0 Å². The highest BCUT2D eigenvalue weighted by Crippen LogP contribution is 2.39. The number of carbonyl (C=O) groups is 1. The number of hydrogen-bond acceptors (Lipinski definition) is 3. The zero-order valence-corrected chi connectivity index (χ0v) is 15.9. The second-order valence-corrected chi connectivity index (χ2v) is 7.86. The minimum absolute atomic E-state index is 0. The molecule has 3 aliphatic rings. The fourth-order valence-corrected chi connectivity index (χ4v) is 5.00. The number of ether oxygens (including phenoxy) is 1. The van der Waals surface area contributed by atoms with Crippen molar-refractivity contribution in [2.75, 3.05) is 13.2 Å². The summed E-state index contributed by atoms with van der Waals surface area (Å²) in [5, 5.41) is 7.67. The van der Waals surface area contributed by atoms with Crippen LogP contribution < -0.4 is 10.6 Å². The summed E-state index contributed by atoms with van der Waals surface area (Å²) in [6, 6.07) is 9.18. The Hall–Kier alpha value is -0.810. The third kappa shape index (κ3) is 3.68. The molecule has 3 fully saturated rings. The largest absolute Gasteiger partial charge is 0.381 e. The molecule has 25 heavy (non-hydrogen) atoms. The third-order valence-electron chi connectivity index (χ3n) is 5.98. The molecule has 1 aromatic carbocycles. The van der Waals surface area contributed by atoms with Crippen LogP contribution in [-0.4, -0.2) is 37.2 Å². The first kappa shape index (κ1) is 19.0. The Labute approximate surface area is 160 Å². The summed E-state index contributed by atoms with van der Waals surface area (Å²) in [6.07, 6.45) is 5.94. The number of hydrogen-bond donors (Lipinski definition) is 2. The summed E-state index contributed by atoms with van der Waals surface area (Å²) in [6.45, 7) is 1.21. The Morgan fingerprint density at radius 1 is 1.16 bits per heavy atom. The molecule has 1 amide bonds. The molecule has 6 heteroatoms. The molecule has 0 saturated carbocycles. The van der Waals surface area contributed by atoms with Gasteiger partial charge in [-0.15, -0.1) is 12.4 Å². The molecule has 3 heterocycles. The van der Waals surface area contributed by atoms with E-state index in [4.69, 9.17) is 16.3 Å². The summed E-state index contributed by atoms with van der Waals surface area (Å²) in [5.74, 6) is 0.130. The Bertz CT molecular complexity index is 607. The zero-order chi connectivity index (χ0) is 16.6. The second-order valence-electron chi connectivity index (χ2n) is 7.45. The summed E-state index contributed by atoms with van der Waals surface area (Å²) in [5.41, 5.74) is 0.393. The molecule has 3 aliphatic heterocycles. The molecule has 0 radical (unpaired) electrons. The quantitative estimate of drug-likeness (QED) is 0.840. The van der Waals surface area contributed by atoms with E-state index in [-0.39, 0.29) is 24.4 Å². The van der Waals surface area contributed by atoms with Gasteiger partial charge in [0.25, 0.3) is 0 Å². The number of rotatable bonds is 3. The standard InChI is InChI=1S/C19H25ClN2O2.ClH/c20-17-4-2-1-3-16(17)19(7-9-24-10-8-19)18(23)22-15-11-13-5-6-14(12-15)21-13;/h1-4,13-15,21H,5-12H2,(H,22,23);1H. The van der Waals surface area contributed by atoms with Gasteiger partial charge < -0.3 is 15.4 Å². The first-order valence-electron chi connectivity index (χ1n) is 9.07. The molecule has 2 unspecified atom stereocenters. The molecule has 2 atom stereocenters. The van der Waals surface area contributed by atoms with E-state index in [1.54, 1.807) is 0 Å². The fourth-order valence-electron chi connectivity index (χ4n) is 4.69. The van der Waals surface area contributed by atoms with Crippen molar-refractivity contribution in [2.45, 2.75) is 62.1 Å². The van der Waals surface area contributed by atoms with Crippen LogP contribution in [0.25, 0.3) is 0 Å². The average Bonchev–Trinajstić information content (AvgIpc) is 2.94. The third-order valence-corrected chi connectivity index (χ3v) is 6.31. The van der Waals surface area contributed by atoms with Gasteiger partial charge in [-0.3, -0.25) is 4.79 Å². The minimum Gasteiger partial charge on any atom is -0.381 e. The van der Waals surface area contributed by atoms with Gasteiger partial charge in [0, 0.05) is 36.4 Å². The average molecular weight is 385 g/mol. The van der Waals surface area contributed by atoms with Crippen molar-refractivity contribution < 1.29 is 9.53 Å². The van der Waals surface area contributed by atoms with Gasteiger partial charge in [0.2, 0.25) is 5.91 Å². The van der Waals surface area contributed by atoms with Crippen molar-refractivity contribution in [1.82, 2.24) is 10.6 Å². The van der Waals surface area contributed by atoms with Gasteiger partial charge in [0.05, 0.1) is 5.41 Å². The van der Waals surface area contributed by atoms with Gasteiger partial charge in [-0.2, -0.15) is 0 Å². The minimum atomic E-state index is -0.555. The highest BCUT2D eigenvalue weighted by molar-refractivity contribution is 6.31. The highest BCUT2D eigenvalue weighted by atomic mass is 35.5. The predicted octanol–water partition coefficient (Wildman–Crippen LogP) is 3.21. The molecule has 0 aromatic heterocycles.